The van der Waals surface area contributed by atoms with Crippen LogP contribution in [0.3, 0.4) is 0 Å². The second-order valence-corrected chi connectivity index (χ2v) is 4.00. The lowest BCUT2D eigenvalue weighted by atomic mass is 10.1. The van der Waals surface area contributed by atoms with Gasteiger partial charge in [-0.3, -0.25) is 0 Å². The van der Waals surface area contributed by atoms with Crippen LogP contribution < -0.4 is 5.32 Å². The number of nitrogens with one attached hydrogen (secondary N) is 1. The monoisotopic (exact) mass is 198 g/mol. The molecule has 2 rings (SSSR count). The molecular weight excluding hydrogens is 180 g/mol. The first-order chi connectivity index (χ1) is 6.86. The minimum Gasteiger partial charge on any atom is -0.358 e. The topological polar surface area (TPSA) is 41.6 Å². The van der Waals surface area contributed by atoms with Crippen molar-refractivity contribution in [1.82, 2.24) is 10.2 Å². The number of rotatable bonds is 1. The van der Waals surface area contributed by atoms with Crippen molar-refractivity contribution in [3.63, 3.8) is 0 Å². The zero-order valence-corrected chi connectivity index (χ0v) is 8.50. The van der Waals surface area contributed by atoms with Crippen LogP contribution in [-0.4, -0.2) is 36.9 Å². The van der Waals surface area contributed by atoms with Gasteiger partial charge in [0, 0.05) is 19.7 Å². The summed E-state index contributed by atoms with van der Waals surface area (Å²) in [4.78, 5) is 13.6. The first-order valence-corrected chi connectivity index (χ1v) is 5.53. The molecule has 4 heteroatoms. The highest BCUT2D eigenvalue weighted by atomic mass is 16.5. The normalized spacial score (nSPS) is 27.7. The van der Waals surface area contributed by atoms with Crippen molar-refractivity contribution in [3.05, 3.63) is 0 Å². The highest BCUT2D eigenvalue weighted by Gasteiger charge is 2.22. The molecule has 1 N–H and O–H groups in total. The first kappa shape index (κ1) is 9.77. The van der Waals surface area contributed by atoms with Crippen molar-refractivity contribution in [2.24, 2.45) is 0 Å². The lowest BCUT2D eigenvalue weighted by Crippen LogP contribution is -2.46. The molecule has 2 aliphatic heterocycles. The van der Waals surface area contributed by atoms with Gasteiger partial charge in [0.05, 0.1) is 0 Å². The summed E-state index contributed by atoms with van der Waals surface area (Å²) in [7, 11) is 0. The molecule has 1 unspecified atom stereocenters. The molecule has 0 aromatic rings. The largest absolute Gasteiger partial charge is 0.358 e. The molecule has 2 aliphatic rings. The molecule has 2 fully saturated rings. The lowest BCUT2D eigenvalue weighted by Gasteiger charge is -2.28. The van der Waals surface area contributed by atoms with E-state index in [0.717, 1.165) is 45.4 Å². The van der Waals surface area contributed by atoms with E-state index in [1.54, 1.807) is 0 Å². The molecule has 1 atom stereocenters. The fourth-order valence-electron chi connectivity index (χ4n) is 2.02. The Bertz CT molecular complexity index is 196. The fourth-order valence-corrected chi connectivity index (χ4v) is 2.02. The van der Waals surface area contributed by atoms with Crippen LogP contribution in [0.15, 0.2) is 0 Å². The van der Waals surface area contributed by atoms with Crippen molar-refractivity contribution >= 4 is 6.03 Å². The molecule has 14 heavy (non-hydrogen) atoms. The number of hydrogen-bond acceptors (Lipinski definition) is 2. The summed E-state index contributed by atoms with van der Waals surface area (Å²) < 4.78 is 5.36. The predicted octanol–water partition coefficient (Wildman–Crippen LogP) is 1.32. The Hall–Kier alpha value is -0.770. The van der Waals surface area contributed by atoms with Gasteiger partial charge < -0.3 is 15.0 Å². The maximum atomic E-state index is 11.7. The molecular formula is C10H18N2O2. The van der Waals surface area contributed by atoms with Gasteiger partial charge in [-0.05, 0) is 32.1 Å². The smallest absolute Gasteiger partial charge is 0.319 e. The van der Waals surface area contributed by atoms with Crippen molar-refractivity contribution in [2.75, 3.05) is 19.7 Å². The summed E-state index contributed by atoms with van der Waals surface area (Å²) in [5.41, 5.74) is 0. The number of carbonyl (C=O) groups is 1. The van der Waals surface area contributed by atoms with E-state index in [4.69, 9.17) is 4.74 Å². The van der Waals surface area contributed by atoms with Gasteiger partial charge in [-0.2, -0.15) is 0 Å². The molecule has 4 nitrogen and oxygen atoms in total. The molecule has 0 saturated carbocycles. The number of urea groups is 1. The predicted molar refractivity (Wildman–Crippen MR) is 52.9 cm³/mol. The molecule has 80 valence electrons. The number of piperidine rings is 1. The van der Waals surface area contributed by atoms with Crippen LogP contribution in [-0.2, 0) is 4.74 Å². The second kappa shape index (κ2) is 4.64. The molecule has 0 aromatic carbocycles. The summed E-state index contributed by atoms with van der Waals surface area (Å²) >= 11 is 0. The Balaban J connectivity index is 1.75. The lowest BCUT2D eigenvalue weighted by molar-refractivity contribution is 0.0821. The third kappa shape index (κ3) is 2.38. The SMILES string of the molecule is O=C(NC1CCCO1)N1CCCCC1. The van der Waals surface area contributed by atoms with E-state index >= 15 is 0 Å². The molecule has 0 aromatic heterocycles. The average Bonchev–Trinajstić information content (AvgIpc) is 2.72. The number of likely N-dealkylation sites (tertiary alicyclic amines) is 1. The van der Waals surface area contributed by atoms with E-state index in [2.05, 4.69) is 5.32 Å². The minimum absolute atomic E-state index is 0.0376. The zero-order chi connectivity index (χ0) is 9.80. The van der Waals surface area contributed by atoms with Gasteiger partial charge in [-0.15, -0.1) is 0 Å². The highest BCUT2D eigenvalue weighted by Crippen LogP contribution is 2.12. The number of carbonyl (C=O) groups excluding carboxylic acids is 1. The summed E-state index contributed by atoms with van der Waals surface area (Å²) in [5.74, 6) is 0. The standard InChI is InChI=1S/C10H18N2O2/c13-10(11-9-5-4-8-14-9)12-6-2-1-3-7-12/h9H,1-8H2,(H,11,13). The number of nitrogens with zero attached hydrogens (tertiary/aromatic N) is 1. The summed E-state index contributed by atoms with van der Waals surface area (Å²) in [5, 5.41) is 2.91. The van der Waals surface area contributed by atoms with E-state index in [1.165, 1.54) is 6.42 Å². The summed E-state index contributed by atoms with van der Waals surface area (Å²) in [6, 6.07) is 0.0524. The van der Waals surface area contributed by atoms with Crippen molar-refractivity contribution in [1.29, 1.82) is 0 Å². The van der Waals surface area contributed by atoms with E-state index in [-0.39, 0.29) is 12.3 Å². The summed E-state index contributed by atoms with van der Waals surface area (Å²) in [6.45, 7) is 2.59. The molecule has 2 amide bonds. The third-order valence-corrected chi connectivity index (χ3v) is 2.86. The Kier molecular flexibility index (Phi) is 3.24. The minimum atomic E-state index is -0.0376. The average molecular weight is 198 g/mol. The van der Waals surface area contributed by atoms with Crippen molar-refractivity contribution in [2.45, 2.75) is 38.3 Å². The fraction of sp³-hybridized carbons (Fsp3) is 0.900. The van der Waals surface area contributed by atoms with E-state index in [0.29, 0.717) is 0 Å². The molecule has 2 heterocycles. The van der Waals surface area contributed by atoms with Gasteiger partial charge in [-0.25, -0.2) is 4.79 Å². The van der Waals surface area contributed by atoms with Gasteiger partial charge >= 0.3 is 6.03 Å². The van der Waals surface area contributed by atoms with E-state index in [9.17, 15) is 4.79 Å². The second-order valence-electron chi connectivity index (χ2n) is 4.00. The molecule has 0 spiro atoms. The summed E-state index contributed by atoms with van der Waals surface area (Å²) in [6.07, 6.45) is 5.51. The Morgan fingerprint density at radius 1 is 1.21 bits per heavy atom. The molecule has 2 saturated heterocycles. The molecule has 0 bridgehead atoms. The number of ether oxygens (including phenoxy) is 1. The van der Waals surface area contributed by atoms with Crippen LogP contribution in [0.1, 0.15) is 32.1 Å². The zero-order valence-electron chi connectivity index (χ0n) is 8.50. The van der Waals surface area contributed by atoms with Crippen molar-refractivity contribution in [3.8, 4) is 0 Å². The van der Waals surface area contributed by atoms with Gasteiger partial charge in [0.25, 0.3) is 0 Å². The quantitative estimate of drug-likeness (QED) is 0.690. The van der Waals surface area contributed by atoms with Gasteiger partial charge in [0.2, 0.25) is 0 Å². The van der Waals surface area contributed by atoms with E-state index in [1.807, 2.05) is 4.90 Å². The Labute approximate surface area is 84.6 Å². The van der Waals surface area contributed by atoms with Crippen LogP contribution in [0.4, 0.5) is 4.79 Å². The first-order valence-electron chi connectivity index (χ1n) is 5.53. The maximum absolute atomic E-state index is 11.7. The third-order valence-electron chi connectivity index (χ3n) is 2.86. The highest BCUT2D eigenvalue weighted by molar-refractivity contribution is 5.74. The van der Waals surface area contributed by atoms with Gasteiger partial charge in [0.1, 0.15) is 6.23 Å². The molecule has 0 radical (unpaired) electrons. The number of hydrogen-bond donors (Lipinski definition) is 1. The maximum Gasteiger partial charge on any atom is 0.319 e. The van der Waals surface area contributed by atoms with Crippen molar-refractivity contribution < 1.29 is 9.53 Å². The van der Waals surface area contributed by atoms with Gasteiger partial charge in [-0.1, -0.05) is 0 Å². The van der Waals surface area contributed by atoms with Crippen LogP contribution >= 0.6 is 0 Å². The molecule has 0 aliphatic carbocycles. The van der Waals surface area contributed by atoms with E-state index < -0.39 is 0 Å². The Morgan fingerprint density at radius 2 is 2.00 bits per heavy atom. The van der Waals surface area contributed by atoms with Gasteiger partial charge in [0.15, 0.2) is 0 Å². The van der Waals surface area contributed by atoms with Crippen LogP contribution in [0, 0.1) is 0 Å². The van der Waals surface area contributed by atoms with Crippen LogP contribution in [0.5, 0.6) is 0 Å². The van der Waals surface area contributed by atoms with Crippen LogP contribution in [0.25, 0.3) is 0 Å². The van der Waals surface area contributed by atoms with Crippen LogP contribution in [0.2, 0.25) is 0 Å². The Morgan fingerprint density at radius 3 is 2.64 bits per heavy atom. The number of amides is 2.